The van der Waals surface area contributed by atoms with Gasteiger partial charge in [-0.25, -0.2) is 13.4 Å². The number of morpholine rings is 1. The fraction of sp³-hybridized carbons (Fsp3) is 0.458. The van der Waals surface area contributed by atoms with Gasteiger partial charge in [-0.3, -0.25) is 0 Å². The Bertz CT molecular complexity index is 1290. The van der Waals surface area contributed by atoms with Crippen molar-refractivity contribution in [2.75, 3.05) is 32.9 Å². The van der Waals surface area contributed by atoms with Gasteiger partial charge in [-0.2, -0.15) is 13.1 Å². The van der Waals surface area contributed by atoms with Crippen molar-refractivity contribution in [3.8, 4) is 5.75 Å². The van der Waals surface area contributed by atoms with E-state index in [1.54, 1.807) is 24.3 Å². The average Bonchev–Trinajstić information content (AvgIpc) is 3.52. The Hall–Kier alpha value is -2.25. The van der Waals surface area contributed by atoms with Crippen molar-refractivity contribution in [2.45, 2.75) is 47.9 Å². The highest BCUT2D eigenvalue weighted by molar-refractivity contribution is 7.98. The van der Waals surface area contributed by atoms with Crippen LogP contribution in [-0.2, 0) is 31.8 Å². The first-order chi connectivity index (χ1) is 17.4. The average molecular weight is 540 g/mol. The SMILES string of the molecule is O=S(=O)(c1ccc2c(c1)nc(SCc1ccc(OC(F)F)cc1)n2C[C@H]1CCCO1)N1CCOCC1. The van der Waals surface area contributed by atoms with Gasteiger partial charge in [0.15, 0.2) is 5.16 Å². The third-order valence-electron chi connectivity index (χ3n) is 6.22. The van der Waals surface area contributed by atoms with Gasteiger partial charge in [-0.05, 0) is 48.7 Å². The van der Waals surface area contributed by atoms with Crippen LogP contribution in [0.4, 0.5) is 8.78 Å². The monoisotopic (exact) mass is 539 g/mol. The van der Waals surface area contributed by atoms with E-state index in [-0.39, 0.29) is 16.7 Å². The van der Waals surface area contributed by atoms with Crippen LogP contribution in [0.2, 0.25) is 0 Å². The lowest BCUT2D eigenvalue weighted by Gasteiger charge is -2.26. The molecule has 2 aliphatic rings. The number of ether oxygens (including phenoxy) is 3. The lowest BCUT2D eigenvalue weighted by molar-refractivity contribution is -0.0498. The molecule has 3 heterocycles. The number of thioether (sulfide) groups is 1. The van der Waals surface area contributed by atoms with Gasteiger partial charge in [0.25, 0.3) is 0 Å². The minimum atomic E-state index is -3.64. The van der Waals surface area contributed by atoms with E-state index >= 15 is 0 Å². The second-order valence-electron chi connectivity index (χ2n) is 8.62. The largest absolute Gasteiger partial charge is 0.435 e. The van der Waals surface area contributed by atoms with Gasteiger partial charge < -0.3 is 18.8 Å². The van der Waals surface area contributed by atoms with Crippen LogP contribution in [0.5, 0.6) is 5.75 Å². The summed E-state index contributed by atoms with van der Waals surface area (Å²) >= 11 is 1.50. The minimum Gasteiger partial charge on any atom is -0.435 e. The molecule has 0 amide bonds. The molecule has 36 heavy (non-hydrogen) atoms. The van der Waals surface area contributed by atoms with Crippen LogP contribution < -0.4 is 4.74 Å². The smallest absolute Gasteiger partial charge is 0.387 e. The summed E-state index contributed by atoms with van der Waals surface area (Å²) in [4.78, 5) is 5.00. The number of halogens is 2. The minimum absolute atomic E-state index is 0.0734. The number of hydrogen-bond acceptors (Lipinski definition) is 7. The molecular weight excluding hydrogens is 512 g/mol. The second kappa shape index (κ2) is 11.0. The van der Waals surface area contributed by atoms with E-state index in [4.69, 9.17) is 14.5 Å². The molecule has 1 atom stereocenters. The van der Waals surface area contributed by atoms with Crippen molar-refractivity contribution in [1.29, 1.82) is 0 Å². The van der Waals surface area contributed by atoms with Crippen LogP contribution in [0.25, 0.3) is 11.0 Å². The summed E-state index contributed by atoms with van der Waals surface area (Å²) in [6.07, 6.45) is 2.04. The summed E-state index contributed by atoms with van der Waals surface area (Å²) in [6, 6.07) is 11.6. The highest BCUT2D eigenvalue weighted by Gasteiger charge is 2.28. The number of alkyl halides is 2. The standard InChI is InChI=1S/C24H27F2N3O5S2/c25-23(26)34-18-5-3-17(4-6-18)16-35-24-27-21-14-20(36(30,31)28-9-12-32-13-10-28)7-8-22(21)29(24)15-19-2-1-11-33-19/h3-8,14,19,23H,1-2,9-13,15-16H2/t19-/m1/s1. The number of benzene rings is 2. The maximum Gasteiger partial charge on any atom is 0.387 e. The normalized spacial score (nSPS) is 19.4. The highest BCUT2D eigenvalue weighted by atomic mass is 32.2. The lowest BCUT2D eigenvalue weighted by Crippen LogP contribution is -2.40. The van der Waals surface area contributed by atoms with Gasteiger partial charge in [-0.15, -0.1) is 0 Å². The summed E-state index contributed by atoms with van der Waals surface area (Å²) in [5, 5.41) is 0.745. The predicted molar refractivity (Wildman–Crippen MR) is 131 cm³/mol. The first-order valence-electron chi connectivity index (χ1n) is 11.8. The van der Waals surface area contributed by atoms with Crippen molar-refractivity contribution in [1.82, 2.24) is 13.9 Å². The number of rotatable bonds is 9. The second-order valence-corrected chi connectivity index (χ2v) is 11.5. The number of sulfonamides is 1. The zero-order valence-corrected chi connectivity index (χ0v) is 21.1. The molecule has 0 radical (unpaired) electrons. The molecule has 194 valence electrons. The van der Waals surface area contributed by atoms with Gasteiger partial charge in [0.2, 0.25) is 10.0 Å². The van der Waals surface area contributed by atoms with E-state index in [0.717, 1.165) is 35.7 Å². The van der Waals surface area contributed by atoms with E-state index in [9.17, 15) is 17.2 Å². The quantitative estimate of drug-likeness (QED) is 0.378. The van der Waals surface area contributed by atoms with E-state index in [1.165, 1.54) is 28.2 Å². The van der Waals surface area contributed by atoms with E-state index in [2.05, 4.69) is 9.30 Å². The fourth-order valence-corrected chi connectivity index (χ4v) is 6.79. The number of imidazole rings is 1. The van der Waals surface area contributed by atoms with Crippen LogP contribution in [-0.4, -0.2) is 67.9 Å². The topological polar surface area (TPSA) is 82.9 Å². The maximum atomic E-state index is 13.2. The summed E-state index contributed by atoms with van der Waals surface area (Å²) in [6.45, 7) is -0.0859. The molecule has 0 bridgehead atoms. The molecule has 8 nitrogen and oxygen atoms in total. The molecule has 0 aliphatic carbocycles. The Morgan fingerprint density at radius 1 is 1.11 bits per heavy atom. The Labute approximate surface area is 212 Å². The molecule has 2 aliphatic heterocycles. The molecule has 0 saturated carbocycles. The molecule has 12 heteroatoms. The molecule has 0 N–H and O–H groups in total. The van der Waals surface area contributed by atoms with Gasteiger partial charge >= 0.3 is 6.61 Å². The van der Waals surface area contributed by atoms with Crippen LogP contribution in [0.15, 0.2) is 52.5 Å². The van der Waals surface area contributed by atoms with Crippen molar-refractivity contribution in [3.63, 3.8) is 0 Å². The fourth-order valence-electron chi connectivity index (χ4n) is 4.38. The number of nitrogens with zero attached hydrogens (tertiary/aromatic N) is 3. The predicted octanol–water partition coefficient (Wildman–Crippen LogP) is 4.13. The summed E-state index contributed by atoms with van der Waals surface area (Å²) in [7, 11) is -3.64. The van der Waals surface area contributed by atoms with Crippen LogP contribution in [0.3, 0.4) is 0 Å². The number of aromatic nitrogens is 2. The zero-order chi connectivity index (χ0) is 25.1. The van der Waals surface area contributed by atoms with Crippen molar-refractivity contribution < 1.29 is 31.4 Å². The highest BCUT2D eigenvalue weighted by Crippen LogP contribution is 2.31. The van der Waals surface area contributed by atoms with E-state index in [0.29, 0.717) is 44.1 Å². The number of fused-ring (bicyclic) bond motifs is 1. The lowest BCUT2D eigenvalue weighted by atomic mass is 10.2. The maximum absolute atomic E-state index is 13.2. The Balaban J connectivity index is 1.41. The molecule has 2 saturated heterocycles. The van der Waals surface area contributed by atoms with Gasteiger partial charge in [0.05, 0.1) is 41.8 Å². The van der Waals surface area contributed by atoms with Crippen molar-refractivity contribution >= 4 is 32.8 Å². The Morgan fingerprint density at radius 2 is 1.89 bits per heavy atom. The summed E-state index contributed by atoms with van der Waals surface area (Å²) < 4.78 is 70.2. The molecule has 1 aromatic heterocycles. The zero-order valence-electron chi connectivity index (χ0n) is 19.5. The Kier molecular flexibility index (Phi) is 7.77. The van der Waals surface area contributed by atoms with Gasteiger partial charge in [-0.1, -0.05) is 23.9 Å². The Morgan fingerprint density at radius 3 is 2.58 bits per heavy atom. The van der Waals surface area contributed by atoms with Crippen LogP contribution in [0.1, 0.15) is 18.4 Å². The summed E-state index contributed by atoms with van der Waals surface area (Å²) in [5.74, 6) is 0.668. The molecular formula is C24H27F2N3O5S2. The number of hydrogen-bond donors (Lipinski definition) is 0. The molecule has 2 aromatic carbocycles. The summed E-state index contributed by atoms with van der Waals surface area (Å²) in [5.41, 5.74) is 2.37. The van der Waals surface area contributed by atoms with E-state index < -0.39 is 16.6 Å². The van der Waals surface area contributed by atoms with Crippen molar-refractivity contribution in [2.24, 2.45) is 0 Å². The molecule has 5 rings (SSSR count). The van der Waals surface area contributed by atoms with E-state index in [1.807, 2.05) is 6.07 Å². The third kappa shape index (κ3) is 5.67. The van der Waals surface area contributed by atoms with Gasteiger partial charge in [0, 0.05) is 25.4 Å². The molecule has 3 aromatic rings. The molecule has 0 spiro atoms. The van der Waals surface area contributed by atoms with Crippen LogP contribution >= 0.6 is 11.8 Å². The third-order valence-corrected chi connectivity index (χ3v) is 9.16. The molecule has 2 fully saturated rings. The van der Waals surface area contributed by atoms with Crippen molar-refractivity contribution in [3.05, 3.63) is 48.0 Å². The first kappa shape index (κ1) is 25.4. The molecule has 0 unspecified atom stereocenters. The van der Waals surface area contributed by atoms with Crippen LogP contribution in [0, 0.1) is 0 Å². The van der Waals surface area contributed by atoms with Gasteiger partial charge in [0.1, 0.15) is 5.75 Å². The first-order valence-corrected chi connectivity index (χ1v) is 14.2.